The normalized spacial score (nSPS) is 21.4. The summed E-state index contributed by atoms with van der Waals surface area (Å²) in [5, 5.41) is 0.618. The van der Waals surface area contributed by atoms with E-state index < -0.39 is 5.79 Å². The van der Waals surface area contributed by atoms with Crippen molar-refractivity contribution < 1.29 is 14.3 Å². The van der Waals surface area contributed by atoms with Crippen LogP contribution in [0.25, 0.3) is 0 Å². The average Bonchev–Trinajstić information content (AvgIpc) is 2.90. The number of hydrogen-bond donors (Lipinski definition) is 0. The number of piperidine rings is 1. The Labute approximate surface area is 136 Å². The van der Waals surface area contributed by atoms with Crippen molar-refractivity contribution in [1.82, 2.24) is 4.90 Å². The quantitative estimate of drug-likeness (QED) is 0.672. The maximum atomic E-state index is 12.4. The van der Waals surface area contributed by atoms with E-state index in [2.05, 4.69) is 22.6 Å². The first-order chi connectivity index (χ1) is 9.60. The highest BCUT2D eigenvalue weighted by atomic mass is 127. The average molecular weight is 408 g/mol. The first kappa shape index (κ1) is 14.6. The Morgan fingerprint density at radius 1 is 1.25 bits per heavy atom. The first-order valence-corrected chi connectivity index (χ1v) is 8.08. The third-order valence-corrected chi connectivity index (χ3v) is 5.36. The highest BCUT2D eigenvalue weighted by molar-refractivity contribution is 14.1. The van der Waals surface area contributed by atoms with E-state index in [-0.39, 0.29) is 5.91 Å². The molecule has 4 nitrogen and oxygen atoms in total. The first-order valence-electron chi connectivity index (χ1n) is 6.62. The fourth-order valence-corrected chi connectivity index (χ4v) is 3.16. The van der Waals surface area contributed by atoms with Crippen molar-refractivity contribution in [3.8, 4) is 0 Å². The van der Waals surface area contributed by atoms with Crippen LogP contribution in [0.4, 0.5) is 0 Å². The van der Waals surface area contributed by atoms with Gasteiger partial charge in [-0.2, -0.15) is 0 Å². The molecule has 1 aromatic carbocycles. The zero-order valence-corrected chi connectivity index (χ0v) is 13.8. The van der Waals surface area contributed by atoms with Gasteiger partial charge in [0.1, 0.15) is 0 Å². The van der Waals surface area contributed by atoms with Gasteiger partial charge in [0.15, 0.2) is 5.79 Å². The molecule has 1 aromatic rings. The van der Waals surface area contributed by atoms with Crippen molar-refractivity contribution in [2.45, 2.75) is 18.6 Å². The number of ether oxygens (including phenoxy) is 2. The monoisotopic (exact) mass is 407 g/mol. The van der Waals surface area contributed by atoms with Gasteiger partial charge in [0, 0.05) is 35.1 Å². The minimum atomic E-state index is -0.444. The summed E-state index contributed by atoms with van der Waals surface area (Å²) in [4.78, 5) is 14.3. The van der Waals surface area contributed by atoms with Crippen molar-refractivity contribution >= 4 is 40.1 Å². The van der Waals surface area contributed by atoms with Gasteiger partial charge in [-0.15, -0.1) is 0 Å². The van der Waals surface area contributed by atoms with Gasteiger partial charge in [-0.05, 0) is 40.8 Å². The molecule has 108 valence electrons. The fraction of sp³-hybridized carbons (Fsp3) is 0.500. The summed E-state index contributed by atoms with van der Waals surface area (Å²) >= 11 is 8.23. The van der Waals surface area contributed by atoms with Crippen LogP contribution in [0.3, 0.4) is 0 Å². The van der Waals surface area contributed by atoms with E-state index in [0.717, 1.165) is 16.4 Å². The van der Waals surface area contributed by atoms with Gasteiger partial charge in [-0.25, -0.2) is 0 Å². The Morgan fingerprint density at radius 3 is 2.50 bits per heavy atom. The predicted molar refractivity (Wildman–Crippen MR) is 83.9 cm³/mol. The number of hydrogen-bond acceptors (Lipinski definition) is 3. The Balaban J connectivity index is 1.68. The van der Waals surface area contributed by atoms with Crippen LogP contribution in [0.2, 0.25) is 5.02 Å². The number of nitrogens with zero attached hydrogens (tertiary/aromatic N) is 1. The van der Waals surface area contributed by atoms with Crippen LogP contribution in [0.5, 0.6) is 0 Å². The minimum Gasteiger partial charge on any atom is -0.347 e. The fourth-order valence-electron chi connectivity index (χ4n) is 2.65. The van der Waals surface area contributed by atoms with Crippen LogP contribution in [0.1, 0.15) is 23.2 Å². The van der Waals surface area contributed by atoms with Crippen LogP contribution in [0.15, 0.2) is 18.2 Å². The Hall–Kier alpha value is -0.370. The number of benzene rings is 1. The standard InChI is InChI=1S/C14H15ClINO3/c15-11-9-10(1-2-12(11)16)13(18)17-5-3-14(4-6-17)19-7-8-20-14/h1-2,9H,3-8H2. The van der Waals surface area contributed by atoms with E-state index in [4.69, 9.17) is 21.1 Å². The molecule has 0 saturated carbocycles. The smallest absolute Gasteiger partial charge is 0.253 e. The Bertz CT molecular complexity index is 521. The lowest BCUT2D eigenvalue weighted by molar-refractivity contribution is -0.181. The number of halogens is 2. The molecule has 0 aromatic heterocycles. The van der Waals surface area contributed by atoms with E-state index in [1.54, 1.807) is 6.07 Å². The van der Waals surface area contributed by atoms with Gasteiger partial charge in [-0.3, -0.25) is 4.79 Å². The number of likely N-dealkylation sites (tertiary alicyclic amines) is 1. The van der Waals surface area contributed by atoms with E-state index in [1.165, 1.54) is 0 Å². The maximum Gasteiger partial charge on any atom is 0.253 e. The highest BCUT2D eigenvalue weighted by Gasteiger charge is 2.40. The molecule has 0 unspecified atom stereocenters. The third-order valence-electron chi connectivity index (χ3n) is 3.79. The summed E-state index contributed by atoms with van der Waals surface area (Å²) in [5.74, 6) is -0.420. The van der Waals surface area contributed by atoms with E-state index in [1.807, 2.05) is 17.0 Å². The lowest BCUT2D eigenvalue weighted by Gasteiger charge is -2.37. The van der Waals surface area contributed by atoms with E-state index in [0.29, 0.717) is 36.9 Å². The molecule has 2 heterocycles. The zero-order chi connectivity index (χ0) is 14.2. The van der Waals surface area contributed by atoms with Gasteiger partial charge in [0.05, 0.1) is 18.2 Å². The molecule has 0 atom stereocenters. The SMILES string of the molecule is O=C(c1ccc(I)c(Cl)c1)N1CCC2(CC1)OCCO2. The lowest BCUT2D eigenvalue weighted by Crippen LogP contribution is -2.47. The Morgan fingerprint density at radius 2 is 1.90 bits per heavy atom. The predicted octanol–water partition coefficient (Wildman–Crippen LogP) is 2.92. The summed E-state index contributed by atoms with van der Waals surface area (Å²) in [5.41, 5.74) is 0.639. The summed E-state index contributed by atoms with van der Waals surface area (Å²) in [6.07, 6.45) is 1.47. The summed E-state index contributed by atoms with van der Waals surface area (Å²) in [7, 11) is 0. The van der Waals surface area contributed by atoms with Crippen molar-refractivity contribution in [3.05, 3.63) is 32.4 Å². The summed E-state index contributed by atoms with van der Waals surface area (Å²) in [6, 6.07) is 5.42. The maximum absolute atomic E-state index is 12.4. The topological polar surface area (TPSA) is 38.8 Å². The third kappa shape index (κ3) is 2.81. The molecule has 1 spiro atoms. The molecular weight excluding hydrogens is 393 g/mol. The lowest BCUT2D eigenvalue weighted by atomic mass is 10.0. The summed E-state index contributed by atoms with van der Waals surface area (Å²) < 4.78 is 12.3. The molecule has 0 aliphatic carbocycles. The Kier molecular flexibility index (Phi) is 4.21. The molecule has 2 aliphatic heterocycles. The highest BCUT2D eigenvalue weighted by Crippen LogP contribution is 2.32. The molecule has 0 N–H and O–H groups in total. The van der Waals surface area contributed by atoms with Crippen LogP contribution in [-0.4, -0.2) is 42.9 Å². The minimum absolute atomic E-state index is 0.0242. The van der Waals surface area contributed by atoms with E-state index >= 15 is 0 Å². The molecule has 20 heavy (non-hydrogen) atoms. The molecule has 6 heteroatoms. The van der Waals surface area contributed by atoms with Crippen molar-refractivity contribution in [2.75, 3.05) is 26.3 Å². The molecule has 1 amide bonds. The molecule has 2 fully saturated rings. The van der Waals surface area contributed by atoms with Crippen LogP contribution in [-0.2, 0) is 9.47 Å². The largest absolute Gasteiger partial charge is 0.347 e. The van der Waals surface area contributed by atoms with Crippen LogP contribution in [0, 0.1) is 3.57 Å². The van der Waals surface area contributed by atoms with Gasteiger partial charge in [0.2, 0.25) is 0 Å². The van der Waals surface area contributed by atoms with Crippen LogP contribution < -0.4 is 0 Å². The summed E-state index contributed by atoms with van der Waals surface area (Å²) in [6.45, 7) is 2.62. The second kappa shape index (κ2) is 5.79. The van der Waals surface area contributed by atoms with Gasteiger partial charge in [0.25, 0.3) is 5.91 Å². The van der Waals surface area contributed by atoms with E-state index in [9.17, 15) is 4.79 Å². The van der Waals surface area contributed by atoms with Gasteiger partial charge < -0.3 is 14.4 Å². The van der Waals surface area contributed by atoms with Crippen LogP contribution >= 0.6 is 34.2 Å². The number of carbonyl (C=O) groups is 1. The molecule has 0 bridgehead atoms. The number of carbonyl (C=O) groups excluding carboxylic acids is 1. The van der Waals surface area contributed by atoms with Crippen molar-refractivity contribution in [3.63, 3.8) is 0 Å². The molecular formula is C14H15ClINO3. The second-order valence-electron chi connectivity index (χ2n) is 5.03. The van der Waals surface area contributed by atoms with Crippen molar-refractivity contribution in [1.29, 1.82) is 0 Å². The van der Waals surface area contributed by atoms with Gasteiger partial charge in [-0.1, -0.05) is 11.6 Å². The molecule has 3 rings (SSSR count). The second-order valence-corrected chi connectivity index (χ2v) is 6.60. The number of amides is 1. The van der Waals surface area contributed by atoms with Crippen molar-refractivity contribution in [2.24, 2.45) is 0 Å². The number of rotatable bonds is 1. The molecule has 0 radical (unpaired) electrons. The molecule has 2 aliphatic rings. The molecule has 2 saturated heterocycles. The zero-order valence-electron chi connectivity index (χ0n) is 10.9. The van der Waals surface area contributed by atoms with Gasteiger partial charge >= 0.3 is 0 Å².